The standard InChI is InChI=1S/C12H9BrO2/c1-8-11(6-7-15-8)12(14)9-2-4-10(13)5-3-9/h2-7H,1H3. The van der Waals surface area contributed by atoms with E-state index in [0.717, 1.165) is 4.47 Å². The van der Waals surface area contributed by atoms with E-state index < -0.39 is 0 Å². The molecule has 0 N–H and O–H groups in total. The Kier molecular flexibility index (Phi) is 2.73. The molecular weight excluding hydrogens is 256 g/mol. The van der Waals surface area contributed by atoms with Gasteiger partial charge in [0.1, 0.15) is 5.76 Å². The average Bonchev–Trinajstić information content (AvgIpc) is 2.65. The number of carbonyl (C=O) groups excluding carboxylic acids is 1. The Balaban J connectivity index is 2.37. The van der Waals surface area contributed by atoms with E-state index in [1.54, 1.807) is 25.1 Å². The van der Waals surface area contributed by atoms with E-state index >= 15 is 0 Å². The van der Waals surface area contributed by atoms with E-state index in [0.29, 0.717) is 16.9 Å². The van der Waals surface area contributed by atoms with Gasteiger partial charge in [-0.3, -0.25) is 4.79 Å². The van der Waals surface area contributed by atoms with Gasteiger partial charge in [0.05, 0.1) is 11.8 Å². The van der Waals surface area contributed by atoms with E-state index in [1.165, 1.54) is 6.26 Å². The number of furan rings is 1. The summed E-state index contributed by atoms with van der Waals surface area (Å²) in [6.07, 6.45) is 1.53. The normalized spacial score (nSPS) is 10.3. The van der Waals surface area contributed by atoms with Crippen molar-refractivity contribution in [3.8, 4) is 0 Å². The number of hydrogen-bond donors (Lipinski definition) is 0. The maximum Gasteiger partial charge on any atom is 0.196 e. The molecule has 1 heterocycles. The first-order valence-electron chi connectivity index (χ1n) is 4.53. The highest BCUT2D eigenvalue weighted by molar-refractivity contribution is 9.10. The highest BCUT2D eigenvalue weighted by Crippen LogP contribution is 2.17. The van der Waals surface area contributed by atoms with Crippen molar-refractivity contribution in [2.75, 3.05) is 0 Å². The van der Waals surface area contributed by atoms with Gasteiger partial charge in [-0.15, -0.1) is 0 Å². The molecule has 0 unspecified atom stereocenters. The molecule has 0 aliphatic rings. The second-order valence-electron chi connectivity index (χ2n) is 3.23. The molecule has 0 aliphatic heterocycles. The molecule has 1 aromatic heterocycles. The molecule has 0 saturated heterocycles. The van der Waals surface area contributed by atoms with Crippen molar-refractivity contribution in [3.63, 3.8) is 0 Å². The minimum Gasteiger partial charge on any atom is -0.469 e. The summed E-state index contributed by atoms with van der Waals surface area (Å²) in [5.41, 5.74) is 1.29. The van der Waals surface area contributed by atoms with Gasteiger partial charge in [0.25, 0.3) is 0 Å². The monoisotopic (exact) mass is 264 g/mol. The zero-order valence-corrected chi connectivity index (χ0v) is 9.74. The van der Waals surface area contributed by atoms with E-state index in [4.69, 9.17) is 4.42 Å². The fourth-order valence-electron chi connectivity index (χ4n) is 1.38. The van der Waals surface area contributed by atoms with Crippen LogP contribution in [-0.4, -0.2) is 5.78 Å². The largest absolute Gasteiger partial charge is 0.469 e. The zero-order valence-electron chi connectivity index (χ0n) is 8.16. The van der Waals surface area contributed by atoms with Crippen molar-refractivity contribution in [3.05, 3.63) is 58.0 Å². The quantitative estimate of drug-likeness (QED) is 0.777. The van der Waals surface area contributed by atoms with Crippen LogP contribution in [0, 0.1) is 6.92 Å². The smallest absolute Gasteiger partial charge is 0.196 e. The van der Waals surface area contributed by atoms with E-state index in [9.17, 15) is 4.79 Å². The molecule has 3 heteroatoms. The van der Waals surface area contributed by atoms with Crippen molar-refractivity contribution < 1.29 is 9.21 Å². The van der Waals surface area contributed by atoms with Gasteiger partial charge in [0, 0.05) is 10.0 Å². The Labute approximate surface area is 96.0 Å². The van der Waals surface area contributed by atoms with Crippen molar-refractivity contribution in [2.45, 2.75) is 6.92 Å². The second kappa shape index (κ2) is 4.03. The molecule has 0 radical (unpaired) electrons. The van der Waals surface area contributed by atoms with Crippen molar-refractivity contribution in [2.24, 2.45) is 0 Å². The van der Waals surface area contributed by atoms with Crippen LogP contribution in [-0.2, 0) is 0 Å². The first-order chi connectivity index (χ1) is 7.18. The third-order valence-electron chi connectivity index (χ3n) is 2.21. The lowest BCUT2D eigenvalue weighted by Gasteiger charge is -1.99. The molecule has 2 rings (SSSR count). The lowest BCUT2D eigenvalue weighted by molar-refractivity contribution is 0.103. The first-order valence-corrected chi connectivity index (χ1v) is 5.32. The minimum absolute atomic E-state index is 0.00579. The number of carbonyl (C=O) groups is 1. The molecule has 1 aromatic carbocycles. The van der Waals surface area contributed by atoms with Gasteiger partial charge >= 0.3 is 0 Å². The van der Waals surface area contributed by atoms with Crippen LogP contribution in [0.25, 0.3) is 0 Å². The molecule has 76 valence electrons. The first kappa shape index (κ1) is 10.2. The fraction of sp³-hybridized carbons (Fsp3) is 0.0833. The molecular formula is C12H9BrO2. The summed E-state index contributed by atoms with van der Waals surface area (Å²) in [6.45, 7) is 1.78. The van der Waals surface area contributed by atoms with Crippen LogP contribution in [0.2, 0.25) is 0 Å². The zero-order chi connectivity index (χ0) is 10.8. The van der Waals surface area contributed by atoms with Crippen LogP contribution in [0.15, 0.2) is 45.5 Å². The molecule has 15 heavy (non-hydrogen) atoms. The van der Waals surface area contributed by atoms with Crippen LogP contribution in [0.1, 0.15) is 21.7 Å². The van der Waals surface area contributed by atoms with Crippen molar-refractivity contribution >= 4 is 21.7 Å². The van der Waals surface area contributed by atoms with Crippen molar-refractivity contribution in [1.82, 2.24) is 0 Å². The Morgan fingerprint density at radius 3 is 2.40 bits per heavy atom. The summed E-state index contributed by atoms with van der Waals surface area (Å²) in [6, 6.07) is 8.97. The van der Waals surface area contributed by atoms with Crippen LogP contribution in [0.3, 0.4) is 0 Å². The SMILES string of the molecule is Cc1occc1C(=O)c1ccc(Br)cc1. The molecule has 0 aliphatic carbocycles. The predicted octanol–water partition coefficient (Wildman–Crippen LogP) is 3.58. The van der Waals surface area contributed by atoms with E-state index in [-0.39, 0.29) is 5.78 Å². The fourth-order valence-corrected chi connectivity index (χ4v) is 1.64. The Morgan fingerprint density at radius 1 is 1.20 bits per heavy atom. The third-order valence-corrected chi connectivity index (χ3v) is 2.74. The number of aryl methyl sites for hydroxylation is 1. The Hall–Kier alpha value is -1.35. The van der Waals surface area contributed by atoms with Gasteiger partial charge in [-0.25, -0.2) is 0 Å². The van der Waals surface area contributed by atoms with Crippen LogP contribution >= 0.6 is 15.9 Å². The maximum absolute atomic E-state index is 12.0. The summed E-state index contributed by atoms with van der Waals surface area (Å²) >= 11 is 3.33. The summed E-state index contributed by atoms with van der Waals surface area (Å²) in [4.78, 5) is 12.0. The highest BCUT2D eigenvalue weighted by Gasteiger charge is 2.13. The van der Waals surface area contributed by atoms with Crippen LogP contribution in [0.5, 0.6) is 0 Å². The molecule has 0 saturated carbocycles. The lowest BCUT2D eigenvalue weighted by Crippen LogP contribution is -2.00. The number of hydrogen-bond acceptors (Lipinski definition) is 2. The average molecular weight is 265 g/mol. The van der Waals surface area contributed by atoms with E-state index in [2.05, 4.69) is 15.9 Å². The van der Waals surface area contributed by atoms with Crippen LogP contribution in [0.4, 0.5) is 0 Å². The molecule has 0 fully saturated rings. The topological polar surface area (TPSA) is 30.2 Å². The third kappa shape index (κ3) is 2.02. The Bertz CT molecular complexity index is 483. The van der Waals surface area contributed by atoms with Crippen LogP contribution < -0.4 is 0 Å². The summed E-state index contributed by atoms with van der Waals surface area (Å²) in [5.74, 6) is 0.650. The van der Waals surface area contributed by atoms with Gasteiger partial charge < -0.3 is 4.42 Å². The van der Waals surface area contributed by atoms with Crippen molar-refractivity contribution in [1.29, 1.82) is 0 Å². The summed E-state index contributed by atoms with van der Waals surface area (Å²) in [7, 11) is 0. The molecule has 0 spiro atoms. The molecule has 2 nitrogen and oxygen atoms in total. The lowest BCUT2D eigenvalue weighted by atomic mass is 10.0. The second-order valence-corrected chi connectivity index (χ2v) is 4.14. The van der Waals surface area contributed by atoms with Gasteiger partial charge in [-0.2, -0.15) is 0 Å². The maximum atomic E-state index is 12.0. The molecule has 0 amide bonds. The van der Waals surface area contributed by atoms with E-state index in [1.807, 2.05) is 12.1 Å². The van der Waals surface area contributed by atoms with Gasteiger partial charge in [0.2, 0.25) is 0 Å². The number of benzene rings is 1. The Morgan fingerprint density at radius 2 is 1.87 bits per heavy atom. The van der Waals surface area contributed by atoms with Gasteiger partial charge in [0.15, 0.2) is 5.78 Å². The number of halogens is 1. The number of rotatable bonds is 2. The molecule has 0 bridgehead atoms. The molecule has 2 aromatic rings. The van der Waals surface area contributed by atoms with Gasteiger partial charge in [-0.05, 0) is 37.3 Å². The minimum atomic E-state index is -0.00579. The predicted molar refractivity (Wildman–Crippen MR) is 61.0 cm³/mol. The van der Waals surface area contributed by atoms with Gasteiger partial charge in [-0.1, -0.05) is 15.9 Å². The summed E-state index contributed by atoms with van der Waals surface area (Å²) < 4.78 is 6.06. The number of ketones is 1. The molecule has 0 atom stereocenters. The summed E-state index contributed by atoms with van der Waals surface area (Å²) in [5, 5.41) is 0. The highest BCUT2D eigenvalue weighted by atomic mass is 79.9.